The second-order valence-electron chi connectivity index (χ2n) is 4.35. The van der Waals surface area contributed by atoms with Crippen molar-refractivity contribution < 1.29 is 19.0 Å². The fourth-order valence-corrected chi connectivity index (χ4v) is 2.64. The van der Waals surface area contributed by atoms with Crippen molar-refractivity contribution in [3.8, 4) is 17.2 Å². The summed E-state index contributed by atoms with van der Waals surface area (Å²) < 4.78 is 16.5. The molecule has 0 bridgehead atoms. The Morgan fingerprint density at radius 2 is 1.82 bits per heavy atom. The summed E-state index contributed by atoms with van der Waals surface area (Å²) in [4.78, 5) is 12.3. The van der Waals surface area contributed by atoms with Crippen LogP contribution in [0.4, 0.5) is 0 Å². The predicted molar refractivity (Wildman–Crippen MR) is 88.5 cm³/mol. The zero-order chi connectivity index (χ0) is 16.1. The van der Waals surface area contributed by atoms with Gasteiger partial charge in [-0.3, -0.25) is 4.79 Å². The van der Waals surface area contributed by atoms with Crippen LogP contribution >= 0.6 is 27.5 Å². The Hall–Kier alpha value is -1.72. The van der Waals surface area contributed by atoms with Crippen molar-refractivity contribution in [2.75, 3.05) is 20.8 Å². The SMILES string of the molecule is COc1ccc(OC)c(C(=O)COc2ccc(Cl)cc2Br)c1. The van der Waals surface area contributed by atoms with Gasteiger partial charge in [0, 0.05) is 5.02 Å². The molecule has 0 radical (unpaired) electrons. The third kappa shape index (κ3) is 3.93. The van der Waals surface area contributed by atoms with E-state index in [4.69, 9.17) is 25.8 Å². The number of rotatable bonds is 6. The summed E-state index contributed by atoms with van der Waals surface area (Å²) in [7, 11) is 3.05. The lowest BCUT2D eigenvalue weighted by Gasteiger charge is -2.11. The average molecular weight is 386 g/mol. The fourth-order valence-electron chi connectivity index (χ4n) is 1.85. The van der Waals surface area contributed by atoms with E-state index in [0.717, 1.165) is 0 Å². The van der Waals surface area contributed by atoms with E-state index < -0.39 is 0 Å². The quantitative estimate of drug-likeness (QED) is 0.692. The first kappa shape index (κ1) is 16.6. The summed E-state index contributed by atoms with van der Waals surface area (Å²) in [6.45, 7) is -0.121. The second kappa shape index (κ2) is 7.51. The Morgan fingerprint density at radius 1 is 1.09 bits per heavy atom. The zero-order valence-electron chi connectivity index (χ0n) is 12.1. The smallest absolute Gasteiger partial charge is 0.204 e. The number of carbonyl (C=O) groups excluding carboxylic acids is 1. The maximum atomic E-state index is 12.3. The van der Waals surface area contributed by atoms with E-state index in [2.05, 4.69) is 15.9 Å². The van der Waals surface area contributed by atoms with Gasteiger partial charge in [0.2, 0.25) is 5.78 Å². The zero-order valence-corrected chi connectivity index (χ0v) is 14.4. The summed E-state index contributed by atoms with van der Waals surface area (Å²) in [5.41, 5.74) is 0.409. The van der Waals surface area contributed by atoms with E-state index >= 15 is 0 Å². The highest BCUT2D eigenvalue weighted by Gasteiger charge is 2.15. The number of ether oxygens (including phenoxy) is 3. The molecule has 0 atom stereocenters. The molecule has 0 spiro atoms. The minimum absolute atomic E-state index is 0.121. The molecule has 0 aliphatic rings. The first-order valence-electron chi connectivity index (χ1n) is 6.38. The lowest BCUT2D eigenvalue weighted by molar-refractivity contribution is 0.0917. The normalized spacial score (nSPS) is 10.2. The molecule has 0 amide bonds. The van der Waals surface area contributed by atoms with Crippen molar-refractivity contribution in [1.82, 2.24) is 0 Å². The topological polar surface area (TPSA) is 44.8 Å². The fraction of sp³-hybridized carbons (Fsp3) is 0.188. The number of methoxy groups -OCH3 is 2. The van der Waals surface area contributed by atoms with Crippen LogP contribution in [-0.2, 0) is 0 Å². The van der Waals surface area contributed by atoms with Crippen LogP contribution < -0.4 is 14.2 Å². The molecule has 0 saturated carbocycles. The predicted octanol–water partition coefficient (Wildman–Crippen LogP) is 4.38. The lowest BCUT2D eigenvalue weighted by Crippen LogP contribution is -2.13. The Kier molecular flexibility index (Phi) is 5.69. The molecule has 0 N–H and O–H groups in total. The monoisotopic (exact) mass is 384 g/mol. The Morgan fingerprint density at radius 3 is 2.45 bits per heavy atom. The molecule has 6 heteroatoms. The first-order valence-corrected chi connectivity index (χ1v) is 7.55. The van der Waals surface area contributed by atoms with E-state index in [1.165, 1.54) is 14.2 Å². The molecule has 0 aliphatic heterocycles. The van der Waals surface area contributed by atoms with Crippen molar-refractivity contribution in [2.24, 2.45) is 0 Å². The van der Waals surface area contributed by atoms with Gasteiger partial charge < -0.3 is 14.2 Å². The molecular formula is C16H14BrClO4. The Labute approximate surface area is 142 Å². The van der Waals surface area contributed by atoms with Gasteiger partial charge in [0.05, 0.1) is 24.3 Å². The summed E-state index contributed by atoms with van der Waals surface area (Å²) in [6.07, 6.45) is 0. The minimum Gasteiger partial charge on any atom is -0.497 e. The van der Waals surface area contributed by atoms with E-state index in [1.54, 1.807) is 36.4 Å². The van der Waals surface area contributed by atoms with Crippen molar-refractivity contribution in [3.05, 3.63) is 51.5 Å². The maximum absolute atomic E-state index is 12.3. The van der Waals surface area contributed by atoms with E-state index in [1.807, 2.05) is 0 Å². The average Bonchev–Trinajstić information content (AvgIpc) is 2.53. The number of carbonyl (C=O) groups is 1. The lowest BCUT2D eigenvalue weighted by atomic mass is 10.1. The number of hydrogen-bond acceptors (Lipinski definition) is 4. The molecule has 4 nitrogen and oxygen atoms in total. The molecule has 0 aromatic heterocycles. The van der Waals surface area contributed by atoms with Crippen molar-refractivity contribution >= 4 is 33.3 Å². The van der Waals surface area contributed by atoms with Crippen LogP contribution in [0.5, 0.6) is 17.2 Å². The van der Waals surface area contributed by atoms with Gasteiger partial charge in [-0.25, -0.2) is 0 Å². The molecule has 2 rings (SSSR count). The van der Waals surface area contributed by atoms with Crippen LogP contribution in [0.2, 0.25) is 5.02 Å². The third-order valence-corrected chi connectivity index (χ3v) is 3.81. The van der Waals surface area contributed by atoms with Gasteiger partial charge in [-0.15, -0.1) is 0 Å². The van der Waals surface area contributed by atoms with Crippen LogP contribution in [0.3, 0.4) is 0 Å². The Bertz CT molecular complexity index is 688. The van der Waals surface area contributed by atoms with Crippen molar-refractivity contribution in [1.29, 1.82) is 0 Å². The van der Waals surface area contributed by atoms with Gasteiger partial charge in [0.1, 0.15) is 17.2 Å². The highest BCUT2D eigenvalue weighted by molar-refractivity contribution is 9.10. The van der Waals surface area contributed by atoms with Crippen molar-refractivity contribution in [2.45, 2.75) is 0 Å². The van der Waals surface area contributed by atoms with Crippen LogP contribution in [0.25, 0.3) is 0 Å². The third-order valence-electron chi connectivity index (χ3n) is 2.96. The first-order chi connectivity index (χ1) is 10.5. The summed E-state index contributed by atoms with van der Waals surface area (Å²) in [6, 6.07) is 10.1. The van der Waals surface area contributed by atoms with Gasteiger partial charge >= 0.3 is 0 Å². The van der Waals surface area contributed by atoms with E-state index in [-0.39, 0.29) is 12.4 Å². The number of hydrogen-bond donors (Lipinski definition) is 0. The number of halogens is 2. The number of ketones is 1. The molecular weight excluding hydrogens is 372 g/mol. The van der Waals surface area contributed by atoms with Gasteiger partial charge in [-0.05, 0) is 52.3 Å². The molecule has 0 fully saturated rings. The van der Waals surface area contributed by atoms with E-state index in [0.29, 0.717) is 32.3 Å². The molecule has 22 heavy (non-hydrogen) atoms. The number of Topliss-reactive ketones (excluding diaryl/α,β-unsaturated/α-hetero) is 1. The van der Waals surface area contributed by atoms with Gasteiger partial charge in [0.25, 0.3) is 0 Å². The molecule has 0 saturated heterocycles. The maximum Gasteiger partial charge on any atom is 0.204 e. The molecule has 0 aliphatic carbocycles. The standard InChI is InChI=1S/C16H14BrClO4/c1-20-11-4-6-15(21-2)12(8-11)14(19)9-22-16-5-3-10(18)7-13(16)17/h3-8H,9H2,1-2H3. The van der Waals surface area contributed by atoms with Gasteiger partial charge in [0.15, 0.2) is 6.61 Å². The van der Waals surface area contributed by atoms with Gasteiger partial charge in [-0.2, -0.15) is 0 Å². The Balaban J connectivity index is 2.15. The molecule has 116 valence electrons. The minimum atomic E-state index is -0.211. The molecule has 0 heterocycles. The summed E-state index contributed by atoms with van der Waals surface area (Å²) >= 11 is 9.20. The molecule has 0 unspecified atom stereocenters. The second-order valence-corrected chi connectivity index (χ2v) is 5.64. The number of benzene rings is 2. The molecule has 2 aromatic carbocycles. The summed E-state index contributed by atoms with van der Waals surface area (Å²) in [5, 5.41) is 0.583. The summed E-state index contributed by atoms with van der Waals surface area (Å²) in [5.74, 6) is 1.39. The van der Waals surface area contributed by atoms with Gasteiger partial charge in [-0.1, -0.05) is 11.6 Å². The molecule has 2 aromatic rings. The van der Waals surface area contributed by atoms with Crippen LogP contribution in [0.1, 0.15) is 10.4 Å². The van der Waals surface area contributed by atoms with Crippen LogP contribution in [0, 0.1) is 0 Å². The van der Waals surface area contributed by atoms with Crippen LogP contribution in [0.15, 0.2) is 40.9 Å². The van der Waals surface area contributed by atoms with E-state index in [9.17, 15) is 4.79 Å². The highest BCUT2D eigenvalue weighted by Crippen LogP contribution is 2.29. The largest absolute Gasteiger partial charge is 0.497 e. The van der Waals surface area contributed by atoms with Crippen LogP contribution in [-0.4, -0.2) is 26.6 Å². The van der Waals surface area contributed by atoms with Crippen molar-refractivity contribution in [3.63, 3.8) is 0 Å². The highest BCUT2D eigenvalue weighted by atomic mass is 79.9.